The molecular weight excluding hydrogens is 166 g/mol. The average molecular weight is 187 g/mol. The Labute approximate surface area is 80.8 Å². The fraction of sp³-hybridized carbons (Fsp3) is 1.00. The summed E-state index contributed by atoms with van der Waals surface area (Å²) in [5, 5.41) is 3.19. The molecule has 1 saturated heterocycles. The van der Waals surface area contributed by atoms with Gasteiger partial charge in [0.25, 0.3) is 0 Å². The van der Waals surface area contributed by atoms with Crippen LogP contribution in [0.4, 0.5) is 0 Å². The van der Waals surface area contributed by atoms with Crippen molar-refractivity contribution in [1.82, 2.24) is 5.32 Å². The standard InChI is InChI=1S/C10H21NO2/c1-9(2)7-10(12-4,8-11-3)5-6-13-9/h11H,5-8H2,1-4H3. The van der Waals surface area contributed by atoms with Gasteiger partial charge in [-0.15, -0.1) is 0 Å². The van der Waals surface area contributed by atoms with E-state index in [4.69, 9.17) is 9.47 Å². The van der Waals surface area contributed by atoms with E-state index in [1.54, 1.807) is 7.11 Å². The minimum Gasteiger partial charge on any atom is -0.377 e. The molecular formula is C10H21NO2. The van der Waals surface area contributed by atoms with Crippen molar-refractivity contribution in [1.29, 1.82) is 0 Å². The first-order valence-corrected chi connectivity index (χ1v) is 4.87. The van der Waals surface area contributed by atoms with Gasteiger partial charge in [-0.2, -0.15) is 0 Å². The van der Waals surface area contributed by atoms with Crippen LogP contribution in [0.15, 0.2) is 0 Å². The summed E-state index contributed by atoms with van der Waals surface area (Å²) in [5.74, 6) is 0. The lowest BCUT2D eigenvalue weighted by Gasteiger charge is -2.43. The molecule has 1 aliphatic rings. The summed E-state index contributed by atoms with van der Waals surface area (Å²) >= 11 is 0. The SMILES string of the molecule is CNCC1(OC)CCOC(C)(C)C1. The van der Waals surface area contributed by atoms with Gasteiger partial charge in [0.05, 0.1) is 17.8 Å². The lowest BCUT2D eigenvalue weighted by Crippen LogP contribution is -2.52. The van der Waals surface area contributed by atoms with Crippen LogP contribution in [-0.4, -0.2) is 38.5 Å². The maximum Gasteiger partial charge on any atom is 0.0851 e. The van der Waals surface area contributed by atoms with Crippen molar-refractivity contribution in [3.05, 3.63) is 0 Å². The van der Waals surface area contributed by atoms with Crippen LogP contribution in [0.5, 0.6) is 0 Å². The van der Waals surface area contributed by atoms with Crippen LogP contribution in [-0.2, 0) is 9.47 Å². The quantitative estimate of drug-likeness (QED) is 0.719. The van der Waals surface area contributed by atoms with Gasteiger partial charge in [0.15, 0.2) is 0 Å². The topological polar surface area (TPSA) is 30.5 Å². The van der Waals surface area contributed by atoms with Gasteiger partial charge in [-0.25, -0.2) is 0 Å². The number of methoxy groups -OCH3 is 1. The van der Waals surface area contributed by atoms with E-state index >= 15 is 0 Å². The molecule has 3 nitrogen and oxygen atoms in total. The van der Waals surface area contributed by atoms with Crippen LogP contribution < -0.4 is 5.32 Å². The predicted octanol–water partition coefficient (Wildman–Crippen LogP) is 1.18. The highest BCUT2D eigenvalue weighted by Gasteiger charge is 2.40. The van der Waals surface area contributed by atoms with Crippen LogP contribution in [0.25, 0.3) is 0 Å². The fourth-order valence-electron chi connectivity index (χ4n) is 2.15. The summed E-state index contributed by atoms with van der Waals surface area (Å²) in [6.45, 7) is 5.93. The van der Waals surface area contributed by atoms with Crippen molar-refractivity contribution in [3.8, 4) is 0 Å². The molecule has 0 bridgehead atoms. The van der Waals surface area contributed by atoms with Gasteiger partial charge >= 0.3 is 0 Å². The summed E-state index contributed by atoms with van der Waals surface area (Å²) in [6.07, 6.45) is 1.94. The largest absolute Gasteiger partial charge is 0.377 e. The molecule has 0 amide bonds. The van der Waals surface area contributed by atoms with Gasteiger partial charge in [0, 0.05) is 26.5 Å². The minimum atomic E-state index is -0.0505. The molecule has 1 atom stereocenters. The van der Waals surface area contributed by atoms with Gasteiger partial charge in [-0.05, 0) is 20.9 Å². The number of rotatable bonds is 3. The molecule has 1 rings (SSSR count). The lowest BCUT2D eigenvalue weighted by atomic mass is 9.84. The maximum absolute atomic E-state index is 5.66. The molecule has 0 aromatic carbocycles. The van der Waals surface area contributed by atoms with Crippen molar-refractivity contribution in [3.63, 3.8) is 0 Å². The number of nitrogens with one attached hydrogen (secondary N) is 1. The summed E-state index contributed by atoms with van der Waals surface area (Å²) in [7, 11) is 3.75. The molecule has 1 heterocycles. The number of hydrogen-bond donors (Lipinski definition) is 1. The Balaban J connectivity index is 2.64. The molecule has 13 heavy (non-hydrogen) atoms. The fourth-order valence-corrected chi connectivity index (χ4v) is 2.15. The first kappa shape index (κ1) is 11.0. The molecule has 0 aromatic heterocycles. The highest BCUT2D eigenvalue weighted by molar-refractivity contribution is 4.93. The second kappa shape index (κ2) is 3.95. The minimum absolute atomic E-state index is 0.0312. The molecule has 78 valence electrons. The first-order chi connectivity index (χ1) is 6.04. The summed E-state index contributed by atoms with van der Waals surface area (Å²) in [4.78, 5) is 0. The molecule has 1 N–H and O–H groups in total. The van der Waals surface area contributed by atoms with Crippen molar-refractivity contribution in [2.75, 3.05) is 27.3 Å². The predicted molar refractivity (Wildman–Crippen MR) is 52.9 cm³/mol. The monoisotopic (exact) mass is 187 g/mol. The molecule has 0 saturated carbocycles. The normalized spacial score (nSPS) is 33.2. The van der Waals surface area contributed by atoms with Gasteiger partial charge in [0.2, 0.25) is 0 Å². The second-order valence-corrected chi connectivity index (χ2v) is 4.45. The number of likely N-dealkylation sites (N-methyl/N-ethyl adjacent to an activating group) is 1. The van der Waals surface area contributed by atoms with Crippen LogP contribution >= 0.6 is 0 Å². The maximum atomic E-state index is 5.66. The Morgan fingerprint density at radius 3 is 2.62 bits per heavy atom. The third kappa shape index (κ3) is 2.66. The zero-order chi connectivity index (χ0) is 9.95. The number of hydrogen-bond acceptors (Lipinski definition) is 3. The van der Waals surface area contributed by atoms with E-state index in [-0.39, 0.29) is 11.2 Å². The van der Waals surface area contributed by atoms with Crippen LogP contribution in [0, 0.1) is 0 Å². The van der Waals surface area contributed by atoms with Crippen LogP contribution in [0.3, 0.4) is 0 Å². The van der Waals surface area contributed by atoms with Gasteiger partial charge in [0.1, 0.15) is 0 Å². The van der Waals surface area contributed by atoms with E-state index in [0.717, 1.165) is 26.0 Å². The smallest absolute Gasteiger partial charge is 0.0851 e. The number of ether oxygens (including phenoxy) is 2. The third-order valence-electron chi connectivity index (χ3n) is 2.73. The highest BCUT2D eigenvalue weighted by Crippen LogP contribution is 2.33. The van der Waals surface area contributed by atoms with Crippen molar-refractivity contribution < 1.29 is 9.47 Å². The first-order valence-electron chi connectivity index (χ1n) is 4.87. The van der Waals surface area contributed by atoms with Crippen molar-refractivity contribution >= 4 is 0 Å². The Hall–Kier alpha value is -0.120. The molecule has 3 heteroatoms. The summed E-state index contributed by atoms with van der Waals surface area (Å²) < 4.78 is 11.3. The molecule has 1 fully saturated rings. The zero-order valence-electron chi connectivity index (χ0n) is 9.14. The average Bonchev–Trinajstić information content (AvgIpc) is 2.03. The van der Waals surface area contributed by atoms with E-state index in [1.807, 2.05) is 7.05 Å². The zero-order valence-corrected chi connectivity index (χ0v) is 9.14. The van der Waals surface area contributed by atoms with E-state index in [0.29, 0.717) is 0 Å². The summed E-state index contributed by atoms with van der Waals surface area (Å²) in [5.41, 5.74) is -0.0817. The van der Waals surface area contributed by atoms with E-state index < -0.39 is 0 Å². The van der Waals surface area contributed by atoms with E-state index in [1.165, 1.54) is 0 Å². The molecule has 1 unspecified atom stereocenters. The van der Waals surface area contributed by atoms with E-state index in [9.17, 15) is 0 Å². The van der Waals surface area contributed by atoms with Crippen molar-refractivity contribution in [2.24, 2.45) is 0 Å². The van der Waals surface area contributed by atoms with Crippen LogP contribution in [0.1, 0.15) is 26.7 Å². The van der Waals surface area contributed by atoms with Gasteiger partial charge < -0.3 is 14.8 Å². The van der Waals surface area contributed by atoms with Gasteiger partial charge in [-0.1, -0.05) is 0 Å². The molecule has 0 aromatic rings. The Bertz CT molecular complexity index is 166. The molecule has 1 aliphatic heterocycles. The molecule has 0 spiro atoms. The molecule has 0 radical (unpaired) electrons. The van der Waals surface area contributed by atoms with Crippen molar-refractivity contribution in [2.45, 2.75) is 37.9 Å². The van der Waals surface area contributed by atoms with Crippen LogP contribution in [0.2, 0.25) is 0 Å². The second-order valence-electron chi connectivity index (χ2n) is 4.45. The lowest BCUT2D eigenvalue weighted by molar-refractivity contribution is -0.155. The highest BCUT2D eigenvalue weighted by atomic mass is 16.5. The summed E-state index contributed by atoms with van der Waals surface area (Å²) in [6, 6.07) is 0. The van der Waals surface area contributed by atoms with Gasteiger partial charge in [-0.3, -0.25) is 0 Å². The van der Waals surface area contributed by atoms with E-state index in [2.05, 4.69) is 19.2 Å². The Morgan fingerprint density at radius 2 is 2.15 bits per heavy atom. The Kier molecular flexibility index (Phi) is 3.33. The third-order valence-corrected chi connectivity index (χ3v) is 2.73. The molecule has 0 aliphatic carbocycles. The Morgan fingerprint density at radius 1 is 1.46 bits per heavy atom.